The fourth-order valence-electron chi connectivity index (χ4n) is 1.55. The van der Waals surface area contributed by atoms with E-state index in [0.717, 1.165) is 31.0 Å². The quantitative estimate of drug-likeness (QED) is 0.828. The molecule has 0 spiro atoms. The molecule has 0 aliphatic heterocycles. The molecule has 0 heterocycles. The lowest BCUT2D eigenvalue weighted by molar-refractivity contribution is 0.123. The minimum absolute atomic E-state index is 0.213. The Balaban J connectivity index is 2.31. The fourth-order valence-corrected chi connectivity index (χ4v) is 1.68. The Bertz CT molecular complexity index is 299. The first-order valence-electron chi connectivity index (χ1n) is 5.73. The smallest absolute Gasteiger partial charge is 0.0664 e. The van der Waals surface area contributed by atoms with Gasteiger partial charge in [0.25, 0.3) is 0 Å². The molecule has 3 heteroatoms. The highest BCUT2D eigenvalue weighted by atomic mass is 35.5. The highest BCUT2D eigenvalue weighted by Gasteiger charge is 2.05. The van der Waals surface area contributed by atoms with E-state index in [1.807, 2.05) is 38.2 Å². The number of aliphatic hydroxyl groups excluding tert-OH is 1. The van der Waals surface area contributed by atoms with Crippen LogP contribution in [0.3, 0.4) is 0 Å². The summed E-state index contributed by atoms with van der Waals surface area (Å²) in [5, 5.41) is 10.3. The number of benzene rings is 1. The molecule has 1 aromatic carbocycles. The summed E-state index contributed by atoms with van der Waals surface area (Å²) in [6.07, 6.45) is 1.59. The Morgan fingerprint density at radius 2 is 1.94 bits per heavy atom. The molecule has 0 aliphatic carbocycles. The van der Waals surface area contributed by atoms with Gasteiger partial charge in [0.15, 0.2) is 0 Å². The van der Waals surface area contributed by atoms with Crippen LogP contribution in [0.15, 0.2) is 24.3 Å². The van der Waals surface area contributed by atoms with Crippen molar-refractivity contribution < 1.29 is 5.11 Å². The molecule has 1 rings (SSSR count). The van der Waals surface area contributed by atoms with E-state index in [0.29, 0.717) is 0 Å². The van der Waals surface area contributed by atoms with Crippen molar-refractivity contribution in [2.45, 2.75) is 25.9 Å². The van der Waals surface area contributed by atoms with E-state index < -0.39 is 0 Å². The van der Waals surface area contributed by atoms with E-state index in [1.54, 1.807) is 0 Å². The Kier molecular flexibility index (Phi) is 5.81. The number of hydrogen-bond acceptors (Lipinski definition) is 2. The second-order valence-electron chi connectivity index (χ2n) is 4.20. The summed E-state index contributed by atoms with van der Waals surface area (Å²) in [4.78, 5) is 2.16. The van der Waals surface area contributed by atoms with Crippen LogP contribution in [0.2, 0.25) is 5.02 Å². The van der Waals surface area contributed by atoms with Crippen molar-refractivity contribution in [1.82, 2.24) is 4.90 Å². The number of likely N-dealkylation sites (N-methyl/N-ethyl adjacent to an activating group) is 1. The molecule has 1 N–H and O–H groups in total. The van der Waals surface area contributed by atoms with Crippen LogP contribution in [0.25, 0.3) is 0 Å². The van der Waals surface area contributed by atoms with Crippen molar-refractivity contribution in [2.24, 2.45) is 0 Å². The number of hydrogen-bond donors (Lipinski definition) is 1. The zero-order valence-corrected chi connectivity index (χ0v) is 10.7. The molecular formula is C13H20ClNO. The largest absolute Gasteiger partial charge is 0.392 e. The Hall–Kier alpha value is -0.570. The summed E-state index contributed by atoms with van der Waals surface area (Å²) < 4.78 is 0. The highest BCUT2D eigenvalue weighted by Crippen LogP contribution is 2.10. The number of aliphatic hydroxyl groups is 1. The number of nitrogens with zero attached hydrogens (tertiary/aromatic N) is 1. The van der Waals surface area contributed by atoms with Gasteiger partial charge in [-0.05, 0) is 37.6 Å². The van der Waals surface area contributed by atoms with E-state index in [9.17, 15) is 5.11 Å². The highest BCUT2D eigenvalue weighted by molar-refractivity contribution is 6.30. The van der Waals surface area contributed by atoms with Crippen LogP contribution in [0.5, 0.6) is 0 Å². The Morgan fingerprint density at radius 1 is 1.31 bits per heavy atom. The van der Waals surface area contributed by atoms with Crippen LogP contribution in [0.4, 0.5) is 0 Å². The van der Waals surface area contributed by atoms with Gasteiger partial charge in [-0.1, -0.05) is 30.7 Å². The first-order valence-corrected chi connectivity index (χ1v) is 6.10. The van der Waals surface area contributed by atoms with Crippen molar-refractivity contribution in [3.05, 3.63) is 34.9 Å². The molecule has 0 saturated heterocycles. The zero-order chi connectivity index (χ0) is 12.0. The predicted octanol–water partition coefficient (Wildman–Crippen LogP) is 2.59. The lowest BCUT2D eigenvalue weighted by Crippen LogP contribution is -2.30. The summed E-state index contributed by atoms with van der Waals surface area (Å²) in [6.45, 7) is 3.69. The van der Waals surface area contributed by atoms with Gasteiger partial charge in [-0.15, -0.1) is 0 Å². The van der Waals surface area contributed by atoms with Crippen molar-refractivity contribution in [1.29, 1.82) is 0 Å². The first kappa shape index (κ1) is 13.5. The van der Waals surface area contributed by atoms with Crippen LogP contribution in [0, 0.1) is 0 Å². The fraction of sp³-hybridized carbons (Fsp3) is 0.538. The first-order chi connectivity index (χ1) is 7.61. The average Bonchev–Trinajstić information content (AvgIpc) is 2.28. The maximum Gasteiger partial charge on any atom is 0.0664 e. The monoisotopic (exact) mass is 241 g/mol. The molecule has 0 bridgehead atoms. The van der Waals surface area contributed by atoms with Gasteiger partial charge in [-0.2, -0.15) is 0 Å². The van der Waals surface area contributed by atoms with Gasteiger partial charge in [0, 0.05) is 18.1 Å². The van der Waals surface area contributed by atoms with Crippen LogP contribution >= 0.6 is 11.6 Å². The van der Waals surface area contributed by atoms with E-state index in [-0.39, 0.29) is 6.10 Å². The van der Waals surface area contributed by atoms with E-state index in [2.05, 4.69) is 4.90 Å². The van der Waals surface area contributed by atoms with Gasteiger partial charge >= 0.3 is 0 Å². The second-order valence-corrected chi connectivity index (χ2v) is 4.64. The molecule has 0 aromatic heterocycles. The lowest BCUT2D eigenvalue weighted by Gasteiger charge is -2.19. The molecule has 16 heavy (non-hydrogen) atoms. The van der Waals surface area contributed by atoms with Gasteiger partial charge in [-0.25, -0.2) is 0 Å². The van der Waals surface area contributed by atoms with Crippen molar-refractivity contribution in [2.75, 3.05) is 20.1 Å². The summed E-state index contributed by atoms with van der Waals surface area (Å²) in [6, 6.07) is 7.93. The van der Waals surface area contributed by atoms with E-state index >= 15 is 0 Å². The lowest BCUT2D eigenvalue weighted by atomic mass is 10.1. The molecular weight excluding hydrogens is 222 g/mol. The van der Waals surface area contributed by atoms with Gasteiger partial charge in [0.05, 0.1) is 6.10 Å². The Morgan fingerprint density at radius 3 is 2.50 bits per heavy atom. The van der Waals surface area contributed by atoms with Crippen LogP contribution in [0.1, 0.15) is 18.9 Å². The summed E-state index contributed by atoms with van der Waals surface area (Å²) in [7, 11) is 2.04. The second kappa shape index (κ2) is 6.89. The van der Waals surface area contributed by atoms with Crippen molar-refractivity contribution in [3.8, 4) is 0 Å². The van der Waals surface area contributed by atoms with Gasteiger partial charge < -0.3 is 10.0 Å². The molecule has 0 radical (unpaired) electrons. The minimum atomic E-state index is -0.213. The van der Waals surface area contributed by atoms with Crippen LogP contribution in [-0.4, -0.2) is 36.2 Å². The molecule has 90 valence electrons. The maximum absolute atomic E-state index is 9.50. The molecule has 0 fully saturated rings. The normalized spacial score (nSPS) is 13.1. The maximum atomic E-state index is 9.50. The number of halogens is 1. The van der Waals surface area contributed by atoms with Crippen molar-refractivity contribution in [3.63, 3.8) is 0 Å². The van der Waals surface area contributed by atoms with Crippen LogP contribution < -0.4 is 0 Å². The molecule has 1 aromatic rings. The summed E-state index contributed by atoms with van der Waals surface area (Å²) >= 11 is 5.82. The molecule has 0 saturated carbocycles. The topological polar surface area (TPSA) is 23.5 Å². The standard InChI is InChI=1S/C13H20ClNO/c1-3-13(16)10-15(2)9-8-11-4-6-12(14)7-5-11/h4-7,13,16H,3,8-10H2,1-2H3. The molecule has 2 nitrogen and oxygen atoms in total. The van der Waals surface area contributed by atoms with Gasteiger partial charge in [0.2, 0.25) is 0 Å². The third kappa shape index (κ3) is 4.97. The SMILES string of the molecule is CCC(O)CN(C)CCc1ccc(Cl)cc1. The Labute approximate surface area is 103 Å². The van der Waals surface area contributed by atoms with Gasteiger partial charge in [-0.3, -0.25) is 0 Å². The number of rotatable bonds is 6. The van der Waals surface area contributed by atoms with Crippen molar-refractivity contribution >= 4 is 11.6 Å². The summed E-state index contributed by atoms with van der Waals surface area (Å²) in [5.74, 6) is 0. The predicted molar refractivity (Wildman–Crippen MR) is 69.0 cm³/mol. The van der Waals surface area contributed by atoms with Gasteiger partial charge in [0.1, 0.15) is 0 Å². The molecule has 0 aliphatic rings. The third-order valence-corrected chi connectivity index (χ3v) is 2.94. The average molecular weight is 242 g/mol. The molecule has 1 unspecified atom stereocenters. The minimum Gasteiger partial charge on any atom is -0.392 e. The van der Waals surface area contributed by atoms with Crippen LogP contribution in [-0.2, 0) is 6.42 Å². The van der Waals surface area contributed by atoms with E-state index in [1.165, 1.54) is 5.56 Å². The zero-order valence-electron chi connectivity index (χ0n) is 9.99. The summed E-state index contributed by atoms with van der Waals surface area (Å²) in [5.41, 5.74) is 1.28. The molecule has 0 amide bonds. The molecule has 1 atom stereocenters. The third-order valence-electron chi connectivity index (χ3n) is 2.69. The van der Waals surface area contributed by atoms with E-state index in [4.69, 9.17) is 11.6 Å².